The Labute approximate surface area is 168 Å². The van der Waals surface area contributed by atoms with E-state index in [4.69, 9.17) is 9.47 Å². The van der Waals surface area contributed by atoms with Crippen LogP contribution in [0.1, 0.15) is 24.3 Å². The number of likely N-dealkylation sites (tertiary alicyclic amines) is 1. The number of hydrogen-bond donors (Lipinski definition) is 0. The summed E-state index contributed by atoms with van der Waals surface area (Å²) in [5.74, 6) is 1.53. The molecule has 0 N–H and O–H groups in total. The molecule has 5 nitrogen and oxygen atoms in total. The highest BCUT2D eigenvalue weighted by Gasteiger charge is 2.24. The lowest BCUT2D eigenvalue weighted by molar-refractivity contribution is 0.0799. The van der Waals surface area contributed by atoms with Crippen LogP contribution < -0.4 is 4.74 Å². The van der Waals surface area contributed by atoms with Crippen molar-refractivity contribution in [2.45, 2.75) is 25.9 Å². The van der Waals surface area contributed by atoms with Gasteiger partial charge in [-0.15, -0.1) is 11.3 Å². The Balaban J connectivity index is 1.20. The molecule has 0 saturated carbocycles. The zero-order valence-corrected chi connectivity index (χ0v) is 16.6. The van der Waals surface area contributed by atoms with Gasteiger partial charge in [-0.05, 0) is 36.6 Å². The molecule has 1 saturated heterocycles. The minimum atomic E-state index is -0.236. The van der Waals surface area contributed by atoms with Gasteiger partial charge >= 0.3 is 6.09 Å². The van der Waals surface area contributed by atoms with Crippen LogP contribution in [-0.2, 0) is 11.3 Å². The van der Waals surface area contributed by atoms with Crippen LogP contribution in [0.4, 0.5) is 4.79 Å². The van der Waals surface area contributed by atoms with Crippen molar-refractivity contribution in [3.05, 3.63) is 59.0 Å². The van der Waals surface area contributed by atoms with Crippen molar-refractivity contribution in [1.82, 2.24) is 9.88 Å². The number of fused-ring (bicyclic) bond motifs is 1. The number of carbonyl (C=O) groups is 1. The third-order valence-corrected chi connectivity index (χ3v) is 5.96. The van der Waals surface area contributed by atoms with Crippen molar-refractivity contribution in [2.24, 2.45) is 5.92 Å². The van der Waals surface area contributed by atoms with Gasteiger partial charge in [0.15, 0.2) is 0 Å². The molecule has 0 spiro atoms. The zero-order chi connectivity index (χ0) is 19.2. The average Bonchev–Trinajstić information content (AvgIpc) is 3.26. The quantitative estimate of drug-likeness (QED) is 0.581. The van der Waals surface area contributed by atoms with Crippen LogP contribution in [0.15, 0.2) is 54.0 Å². The third kappa shape index (κ3) is 4.62. The fourth-order valence-corrected chi connectivity index (χ4v) is 4.13. The first-order valence-corrected chi connectivity index (χ1v) is 10.6. The Kier molecular flexibility index (Phi) is 6.07. The molecule has 1 aliphatic heterocycles. The number of piperidine rings is 1. The van der Waals surface area contributed by atoms with Crippen molar-refractivity contribution in [3.63, 3.8) is 0 Å². The molecular formula is C22H24N2O3S. The number of aromatic nitrogens is 1. The normalized spacial score (nSPS) is 14.9. The minimum Gasteiger partial charge on any atom is -0.493 e. The second-order valence-corrected chi connectivity index (χ2v) is 8.00. The van der Waals surface area contributed by atoms with Gasteiger partial charge < -0.3 is 14.4 Å². The molecule has 2 heterocycles. The molecule has 0 radical (unpaired) electrons. The summed E-state index contributed by atoms with van der Waals surface area (Å²) in [6.45, 7) is 2.45. The molecule has 1 aromatic heterocycles. The zero-order valence-electron chi connectivity index (χ0n) is 15.8. The number of amides is 1. The first-order chi connectivity index (χ1) is 13.8. The van der Waals surface area contributed by atoms with E-state index in [9.17, 15) is 4.79 Å². The number of rotatable bonds is 6. The molecule has 2 aromatic carbocycles. The molecule has 6 heteroatoms. The Morgan fingerprint density at radius 3 is 2.79 bits per heavy atom. The molecule has 1 fully saturated rings. The second kappa shape index (κ2) is 9.06. The van der Waals surface area contributed by atoms with E-state index in [0.717, 1.165) is 48.5 Å². The highest BCUT2D eigenvalue weighted by molar-refractivity contribution is 7.09. The van der Waals surface area contributed by atoms with Gasteiger partial charge in [0.1, 0.15) is 17.4 Å². The van der Waals surface area contributed by atoms with Gasteiger partial charge in [0, 0.05) is 30.1 Å². The number of nitrogens with zero attached hydrogens (tertiary/aromatic N) is 2. The number of carbonyl (C=O) groups excluding carboxylic acids is 1. The van der Waals surface area contributed by atoms with Gasteiger partial charge in [-0.1, -0.05) is 36.4 Å². The molecule has 0 unspecified atom stereocenters. The molecule has 0 bridgehead atoms. The monoisotopic (exact) mass is 396 g/mol. The lowest BCUT2D eigenvalue weighted by Crippen LogP contribution is -2.39. The van der Waals surface area contributed by atoms with Crippen LogP contribution in [-0.4, -0.2) is 35.7 Å². The second-order valence-electron chi connectivity index (χ2n) is 7.03. The molecule has 1 amide bonds. The van der Waals surface area contributed by atoms with E-state index in [-0.39, 0.29) is 12.7 Å². The van der Waals surface area contributed by atoms with Crippen LogP contribution in [0.2, 0.25) is 0 Å². The average molecular weight is 397 g/mol. The van der Waals surface area contributed by atoms with Crippen LogP contribution >= 0.6 is 11.3 Å². The maximum absolute atomic E-state index is 12.2. The van der Waals surface area contributed by atoms with E-state index in [0.29, 0.717) is 12.5 Å². The van der Waals surface area contributed by atoms with E-state index >= 15 is 0 Å². The number of thiazole rings is 1. The number of ether oxygens (including phenoxy) is 2. The van der Waals surface area contributed by atoms with Gasteiger partial charge in [-0.3, -0.25) is 0 Å². The van der Waals surface area contributed by atoms with Gasteiger partial charge in [0.2, 0.25) is 0 Å². The van der Waals surface area contributed by atoms with E-state index in [1.165, 1.54) is 16.7 Å². The summed E-state index contributed by atoms with van der Waals surface area (Å²) >= 11 is 1.50. The maximum atomic E-state index is 12.2. The Morgan fingerprint density at radius 2 is 1.96 bits per heavy atom. The van der Waals surface area contributed by atoms with Crippen molar-refractivity contribution < 1.29 is 14.3 Å². The molecule has 3 aromatic rings. The standard InChI is InChI=1S/C22H24N2O3S/c25-22(27-16-21-23-11-15-28-21)24-12-8-17(9-13-24)10-14-26-20-7-3-5-18-4-1-2-6-19(18)20/h1-7,11,15,17H,8-10,12-14,16H2. The predicted molar refractivity (Wildman–Crippen MR) is 111 cm³/mol. The summed E-state index contributed by atoms with van der Waals surface area (Å²) in [6.07, 6.45) is 4.47. The lowest BCUT2D eigenvalue weighted by Gasteiger charge is -2.31. The largest absolute Gasteiger partial charge is 0.493 e. The van der Waals surface area contributed by atoms with Crippen molar-refractivity contribution in [3.8, 4) is 5.75 Å². The molecule has 146 valence electrons. The topological polar surface area (TPSA) is 51.7 Å². The van der Waals surface area contributed by atoms with Crippen molar-refractivity contribution >= 4 is 28.2 Å². The van der Waals surface area contributed by atoms with Crippen LogP contribution in [0, 0.1) is 5.92 Å². The van der Waals surface area contributed by atoms with Crippen LogP contribution in [0.25, 0.3) is 10.8 Å². The molecule has 0 aliphatic carbocycles. The SMILES string of the molecule is O=C(OCc1nccs1)N1CCC(CCOc2cccc3ccccc23)CC1. The minimum absolute atomic E-state index is 0.236. The van der Waals surface area contributed by atoms with Crippen LogP contribution in [0.3, 0.4) is 0 Å². The Hall–Kier alpha value is -2.60. The van der Waals surface area contributed by atoms with Gasteiger partial charge in [0.25, 0.3) is 0 Å². The summed E-state index contributed by atoms with van der Waals surface area (Å²) in [5, 5.41) is 5.07. The fourth-order valence-electron chi connectivity index (χ4n) is 3.60. The summed E-state index contributed by atoms with van der Waals surface area (Å²) < 4.78 is 11.4. The van der Waals surface area contributed by atoms with Gasteiger partial charge in [-0.25, -0.2) is 9.78 Å². The molecular weight excluding hydrogens is 372 g/mol. The summed E-state index contributed by atoms with van der Waals surface area (Å²) in [4.78, 5) is 18.1. The van der Waals surface area contributed by atoms with E-state index in [2.05, 4.69) is 23.2 Å². The van der Waals surface area contributed by atoms with E-state index in [1.54, 1.807) is 11.1 Å². The van der Waals surface area contributed by atoms with E-state index in [1.807, 2.05) is 29.6 Å². The highest BCUT2D eigenvalue weighted by Crippen LogP contribution is 2.27. The first kappa shape index (κ1) is 18.7. The van der Waals surface area contributed by atoms with Crippen molar-refractivity contribution in [2.75, 3.05) is 19.7 Å². The lowest BCUT2D eigenvalue weighted by atomic mass is 9.94. The summed E-state index contributed by atoms with van der Waals surface area (Å²) in [7, 11) is 0. The highest BCUT2D eigenvalue weighted by atomic mass is 32.1. The van der Waals surface area contributed by atoms with Crippen LogP contribution in [0.5, 0.6) is 5.75 Å². The number of benzene rings is 2. The molecule has 28 heavy (non-hydrogen) atoms. The maximum Gasteiger partial charge on any atom is 0.410 e. The Bertz CT molecular complexity index is 900. The molecule has 0 atom stereocenters. The predicted octanol–water partition coefficient (Wildman–Crippen LogP) is 5.11. The molecule has 4 rings (SSSR count). The van der Waals surface area contributed by atoms with Crippen molar-refractivity contribution in [1.29, 1.82) is 0 Å². The fraction of sp³-hybridized carbons (Fsp3) is 0.364. The van der Waals surface area contributed by atoms with Gasteiger partial charge in [-0.2, -0.15) is 0 Å². The summed E-state index contributed by atoms with van der Waals surface area (Å²) in [5.41, 5.74) is 0. The van der Waals surface area contributed by atoms with E-state index < -0.39 is 0 Å². The Morgan fingerprint density at radius 1 is 1.14 bits per heavy atom. The molecule has 1 aliphatic rings. The van der Waals surface area contributed by atoms with Gasteiger partial charge in [0.05, 0.1) is 6.61 Å². The third-order valence-electron chi connectivity index (χ3n) is 5.21. The first-order valence-electron chi connectivity index (χ1n) is 9.70. The number of hydrogen-bond acceptors (Lipinski definition) is 5. The summed E-state index contributed by atoms with van der Waals surface area (Å²) in [6, 6.07) is 14.5. The smallest absolute Gasteiger partial charge is 0.410 e.